The van der Waals surface area contributed by atoms with Gasteiger partial charge in [-0.05, 0) is 50.6 Å². The second kappa shape index (κ2) is 9.42. The van der Waals surface area contributed by atoms with Crippen molar-refractivity contribution in [2.24, 2.45) is 5.92 Å². The highest BCUT2D eigenvalue weighted by Gasteiger charge is 2.31. The van der Waals surface area contributed by atoms with Crippen molar-refractivity contribution in [2.45, 2.75) is 51.0 Å². The number of aromatic nitrogens is 4. The van der Waals surface area contributed by atoms with Crippen LogP contribution < -0.4 is 10.2 Å². The minimum Gasteiger partial charge on any atom is -0.356 e. The van der Waals surface area contributed by atoms with Crippen molar-refractivity contribution >= 4 is 30.6 Å². The third-order valence-electron chi connectivity index (χ3n) is 6.04. The maximum atomic E-state index is 5.08. The van der Waals surface area contributed by atoms with Gasteiger partial charge in [-0.15, -0.1) is 24.8 Å². The van der Waals surface area contributed by atoms with E-state index in [9.17, 15) is 0 Å². The maximum Gasteiger partial charge on any atom is 0.135 e. The van der Waals surface area contributed by atoms with E-state index in [0.717, 1.165) is 57.3 Å². The van der Waals surface area contributed by atoms with E-state index in [4.69, 9.17) is 9.97 Å². The predicted molar refractivity (Wildman–Crippen MR) is 116 cm³/mol. The summed E-state index contributed by atoms with van der Waals surface area (Å²) in [7, 11) is 0. The van der Waals surface area contributed by atoms with Gasteiger partial charge >= 0.3 is 0 Å². The van der Waals surface area contributed by atoms with Crippen LogP contribution in [0.1, 0.15) is 48.7 Å². The topological polar surface area (TPSA) is 58.9 Å². The highest BCUT2D eigenvalue weighted by atomic mass is 35.5. The molecule has 2 fully saturated rings. The first-order valence-electron chi connectivity index (χ1n) is 10.2. The van der Waals surface area contributed by atoms with Crippen LogP contribution in [-0.4, -0.2) is 45.9 Å². The third-order valence-corrected chi connectivity index (χ3v) is 6.04. The molecule has 1 N–H and O–H groups in total. The van der Waals surface area contributed by atoms with E-state index in [0.29, 0.717) is 5.92 Å². The van der Waals surface area contributed by atoms with Crippen LogP contribution in [0.15, 0.2) is 18.5 Å². The molecule has 0 radical (unpaired) electrons. The molecule has 2 aromatic heterocycles. The maximum absolute atomic E-state index is 5.08. The van der Waals surface area contributed by atoms with Crippen LogP contribution in [0, 0.1) is 5.92 Å². The Morgan fingerprint density at radius 2 is 1.79 bits per heavy atom. The van der Waals surface area contributed by atoms with E-state index in [-0.39, 0.29) is 24.8 Å². The smallest absolute Gasteiger partial charge is 0.135 e. The summed E-state index contributed by atoms with van der Waals surface area (Å²) < 4.78 is 2.08. The first kappa shape index (κ1) is 21.3. The molecule has 1 saturated carbocycles. The molecule has 5 rings (SSSR count). The van der Waals surface area contributed by atoms with Crippen LogP contribution in [0.5, 0.6) is 0 Å². The summed E-state index contributed by atoms with van der Waals surface area (Å²) in [5, 5.41) is 7.89. The van der Waals surface area contributed by atoms with Gasteiger partial charge in [0.2, 0.25) is 0 Å². The van der Waals surface area contributed by atoms with Gasteiger partial charge < -0.3 is 10.2 Å². The SMILES string of the molecule is Cl.Cl.c1cnn(CC2CCN(c3nc(C4CC4)nc4c3CCNCC4)CC2)c1. The molecule has 0 atom stereocenters. The zero-order valence-electron chi connectivity index (χ0n) is 16.2. The quantitative estimate of drug-likeness (QED) is 0.816. The fourth-order valence-corrected chi connectivity index (χ4v) is 4.33. The molecule has 0 bridgehead atoms. The fraction of sp³-hybridized carbons (Fsp3) is 0.650. The number of hydrogen-bond donors (Lipinski definition) is 1. The molecule has 6 nitrogen and oxygen atoms in total. The first-order valence-corrected chi connectivity index (χ1v) is 10.2. The second-order valence-electron chi connectivity index (χ2n) is 8.01. The monoisotopic (exact) mass is 424 g/mol. The lowest BCUT2D eigenvalue weighted by molar-refractivity contribution is 0.341. The average molecular weight is 425 g/mol. The highest BCUT2D eigenvalue weighted by Crippen LogP contribution is 2.40. The first-order chi connectivity index (χ1) is 12.9. The van der Waals surface area contributed by atoms with E-state index < -0.39 is 0 Å². The van der Waals surface area contributed by atoms with Crippen LogP contribution in [0.3, 0.4) is 0 Å². The van der Waals surface area contributed by atoms with Crippen molar-refractivity contribution < 1.29 is 0 Å². The Morgan fingerprint density at radius 3 is 2.50 bits per heavy atom. The Morgan fingerprint density at radius 1 is 1.00 bits per heavy atom. The summed E-state index contributed by atoms with van der Waals surface area (Å²) >= 11 is 0. The summed E-state index contributed by atoms with van der Waals surface area (Å²) in [5.74, 6) is 3.70. The van der Waals surface area contributed by atoms with Gasteiger partial charge in [-0.2, -0.15) is 5.10 Å². The second-order valence-corrected chi connectivity index (χ2v) is 8.01. The zero-order chi connectivity index (χ0) is 17.3. The lowest BCUT2D eigenvalue weighted by Gasteiger charge is -2.34. The standard InChI is InChI=1S/C20H28N6.2ClH/c1-8-22-26(11-1)14-15-6-12-25(13-7-15)20-17-4-9-21-10-5-18(17)23-19(24-20)16-2-3-16;;/h1,8,11,15-16,21H,2-7,9-10,12-14H2;2*1H. The Labute approximate surface area is 179 Å². The summed E-state index contributed by atoms with van der Waals surface area (Å²) in [5.41, 5.74) is 2.71. The van der Waals surface area contributed by atoms with Crippen LogP contribution >= 0.6 is 24.8 Å². The van der Waals surface area contributed by atoms with Crippen molar-refractivity contribution in [3.63, 3.8) is 0 Å². The van der Waals surface area contributed by atoms with Crippen LogP contribution in [-0.2, 0) is 19.4 Å². The number of fused-ring (bicyclic) bond motifs is 1. The molecular weight excluding hydrogens is 395 g/mol. The summed E-state index contributed by atoms with van der Waals surface area (Å²) in [4.78, 5) is 12.6. The largest absolute Gasteiger partial charge is 0.356 e. The fourth-order valence-electron chi connectivity index (χ4n) is 4.33. The average Bonchev–Trinajstić information content (AvgIpc) is 3.44. The van der Waals surface area contributed by atoms with Crippen molar-refractivity contribution in [2.75, 3.05) is 31.1 Å². The molecule has 2 aromatic rings. The van der Waals surface area contributed by atoms with E-state index in [1.54, 1.807) is 0 Å². The Hall–Kier alpha value is -1.37. The van der Waals surface area contributed by atoms with Crippen LogP contribution in [0.4, 0.5) is 5.82 Å². The molecule has 0 amide bonds. The molecule has 1 aliphatic carbocycles. The van der Waals surface area contributed by atoms with E-state index in [1.165, 1.54) is 42.8 Å². The molecule has 4 heterocycles. The van der Waals surface area contributed by atoms with Gasteiger partial charge in [-0.25, -0.2) is 9.97 Å². The minimum absolute atomic E-state index is 0. The Kier molecular flexibility index (Phi) is 7.18. The van der Waals surface area contributed by atoms with E-state index in [1.807, 2.05) is 12.3 Å². The normalized spacial score (nSPS) is 19.9. The Balaban J connectivity index is 0.00000112. The summed E-state index contributed by atoms with van der Waals surface area (Å²) in [6.07, 6.45) is 11.0. The predicted octanol–water partition coefficient (Wildman–Crippen LogP) is 3.00. The van der Waals surface area contributed by atoms with Gasteiger partial charge in [0.15, 0.2) is 0 Å². The molecule has 0 aromatic carbocycles. The number of piperidine rings is 1. The van der Waals surface area contributed by atoms with Gasteiger partial charge in [0.1, 0.15) is 11.6 Å². The number of hydrogen-bond acceptors (Lipinski definition) is 5. The molecule has 154 valence electrons. The number of halogens is 2. The molecule has 0 unspecified atom stereocenters. The van der Waals surface area contributed by atoms with Gasteiger partial charge in [0, 0.05) is 56.5 Å². The summed E-state index contributed by atoms with van der Waals surface area (Å²) in [6, 6.07) is 2.01. The van der Waals surface area contributed by atoms with E-state index >= 15 is 0 Å². The molecule has 1 saturated heterocycles. The Bertz CT molecular complexity index is 754. The van der Waals surface area contributed by atoms with Crippen molar-refractivity contribution in [3.05, 3.63) is 35.5 Å². The van der Waals surface area contributed by atoms with Crippen LogP contribution in [0.25, 0.3) is 0 Å². The molecule has 28 heavy (non-hydrogen) atoms. The van der Waals surface area contributed by atoms with Crippen molar-refractivity contribution in [1.29, 1.82) is 0 Å². The van der Waals surface area contributed by atoms with Gasteiger partial charge in [0.25, 0.3) is 0 Å². The molecular formula is C20H30Cl2N6. The van der Waals surface area contributed by atoms with Gasteiger partial charge in [-0.3, -0.25) is 4.68 Å². The number of rotatable bonds is 4. The summed E-state index contributed by atoms with van der Waals surface area (Å²) in [6.45, 7) is 5.33. The van der Waals surface area contributed by atoms with Crippen molar-refractivity contribution in [3.8, 4) is 0 Å². The number of nitrogens with zero attached hydrogens (tertiary/aromatic N) is 5. The third kappa shape index (κ3) is 4.61. The highest BCUT2D eigenvalue weighted by molar-refractivity contribution is 5.85. The molecule has 8 heteroatoms. The van der Waals surface area contributed by atoms with Crippen molar-refractivity contribution in [1.82, 2.24) is 25.1 Å². The molecule has 3 aliphatic rings. The lowest BCUT2D eigenvalue weighted by Crippen LogP contribution is -2.36. The van der Waals surface area contributed by atoms with Gasteiger partial charge in [0.05, 0.1) is 5.69 Å². The molecule has 0 spiro atoms. The lowest BCUT2D eigenvalue weighted by atomic mass is 9.96. The van der Waals surface area contributed by atoms with Gasteiger partial charge in [-0.1, -0.05) is 0 Å². The van der Waals surface area contributed by atoms with Crippen LogP contribution in [0.2, 0.25) is 0 Å². The minimum atomic E-state index is 0. The number of anilines is 1. The zero-order valence-corrected chi connectivity index (χ0v) is 17.9. The number of nitrogens with one attached hydrogen (secondary N) is 1. The molecule has 2 aliphatic heterocycles. The van der Waals surface area contributed by atoms with E-state index in [2.05, 4.69) is 26.2 Å².